The first-order chi connectivity index (χ1) is 5.09. The van der Waals surface area contributed by atoms with E-state index in [0.717, 1.165) is 5.82 Å². The van der Waals surface area contributed by atoms with E-state index in [1.807, 2.05) is 13.8 Å². The average Bonchev–Trinajstić information content (AvgIpc) is 2.09. The Morgan fingerprint density at radius 1 is 1.64 bits per heavy atom. The van der Waals surface area contributed by atoms with Crippen molar-refractivity contribution in [3.8, 4) is 0 Å². The maximum absolute atomic E-state index is 7.03. The van der Waals surface area contributed by atoms with E-state index in [4.69, 9.17) is 11.1 Å². The second kappa shape index (κ2) is 2.69. The third kappa shape index (κ3) is 1.76. The summed E-state index contributed by atoms with van der Waals surface area (Å²) in [5.74, 6) is 1.60. The molecule has 1 aromatic rings. The Kier molecular flexibility index (Phi) is 1.89. The lowest BCUT2D eigenvalue weighted by molar-refractivity contribution is 0.684. The Bertz CT molecular complexity index is 275. The van der Waals surface area contributed by atoms with Crippen LogP contribution in [0.25, 0.3) is 0 Å². The van der Waals surface area contributed by atoms with Crippen molar-refractivity contribution < 1.29 is 0 Å². The van der Waals surface area contributed by atoms with Crippen molar-refractivity contribution in [2.24, 2.45) is 5.73 Å². The monoisotopic (exact) mass is 153 g/mol. The Balaban J connectivity index is 2.85. The van der Waals surface area contributed by atoms with E-state index in [2.05, 4.69) is 10.1 Å². The van der Waals surface area contributed by atoms with Gasteiger partial charge in [0.25, 0.3) is 0 Å². The van der Waals surface area contributed by atoms with Crippen molar-refractivity contribution in [2.75, 3.05) is 0 Å². The van der Waals surface area contributed by atoms with Gasteiger partial charge in [-0.2, -0.15) is 5.10 Å². The predicted octanol–water partition coefficient (Wildman–Crippen LogP) is -0.169. The van der Waals surface area contributed by atoms with E-state index in [1.165, 1.54) is 0 Å². The minimum atomic E-state index is 0.0954. The Hall–Kier alpha value is -1.39. The molecule has 1 aromatic heterocycles. The van der Waals surface area contributed by atoms with Gasteiger partial charge in [0.05, 0.1) is 6.54 Å². The van der Waals surface area contributed by atoms with Gasteiger partial charge in [0.1, 0.15) is 17.5 Å². The molecule has 0 unspecified atom stereocenters. The molecule has 0 aromatic carbocycles. The van der Waals surface area contributed by atoms with Crippen molar-refractivity contribution in [1.29, 1.82) is 5.41 Å². The van der Waals surface area contributed by atoms with Gasteiger partial charge < -0.3 is 5.73 Å². The molecule has 0 amide bonds. The van der Waals surface area contributed by atoms with Gasteiger partial charge in [-0.3, -0.25) is 5.41 Å². The maximum Gasteiger partial charge on any atom is 0.147 e. The molecule has 0 saturated heterocycles. The molecule has 5 nitrogen and oxygen atoms in total. The number of nitrogens with two attached hydrogens (primary N) is 1. The van der Waals surface area contributed by atoms with Gasteiger partial charge in [-0.05, 0) is 13.8 Å². The second-order valence-corrected chi connectivity index (χ2v) is 2.39. The highest BCUT2D eigenvalue weighted by Gasteiger charge is 2.01. The number of nitrogens with one attached hydrogen (secondary N) is 1. The zero-order valence-electron chi connectivity index (χ0n) is 6.63. The van der Waals surface area contributed by atoms with Gasteiger partial charge in [-0.25, -0.2) is 9.67 Å². The van der Waals surface area contributed by atoms with Crippen LogP contribution in [-0.2, 0) is 6.54 Å². The molecule has 0 aliphatic heterocycles. The highest BCUT2D eigenvalue weighted by Crippen LogP contribution is 1.94. The Morgan fingerprint density at radius 3 is 2.64 bits per heavy atom. The van der Waals surface area contributed by atoms with Gasteiger partial charge in [0, 0.05) is 0 Å². The van der Waals surface area contributed by atoms with E-state index in [0.29, 0.717) is 12.4 Å². The summed E-state index contributed by atoms with van der Waals surface area (Å²) in [4.78, 5) is 4.06. The number of hydrogen-bond acceptors (Lipinski definition) is 3. The van der Waals surface area contributed by atoms with Crippen LogP contribution in [0.15, 0.2) is 0 Å². The molecule has 0 atom stereocenters. The summed E-state index contributed by atoms with van der Waals surface area (Å²) in [5, 5.41) is 11.1. The molecular formula is C6H11N5. The first-order valence-corrected chi connectivity index (χ1v) is 3.30. The van der Waals surface area contributed by atoms with Gasteiger partial charge in [-0.1, -0.05) is 0 Å². The van der Waals surface area contributed by atoms with Crippen LogP contribution in [0.3, 0.4) is 0 Å². The van der Waals surface area contributed by atoms with Crippen LogP contribution in [0.4, 0.5) is 0 Å². The number of aromatic nitrogens is 3. The zero-order valence-corrected chi connectivity index (χ0v) is 6.63. The molecule has 3 N–H and O–H groups in total. The molecule has 0 bridgehead atoms. The summed E-state index contributed by atoms with van der Waals surface area (Å²) in [6, 6.07) is 0. The van der Waals surface area contributed by atoms with Gasteiger partial charge in [-0.15, -0.1) is 0 Å². The zero-order chi connectivity index (χ0) is 8.43. The molecular weight excluding hydrogens is 142 g/mol. The topological polar surface area (TPSA) is 80.6 Å². The lowest BCUT2D eigenvalue weighted by atomic mass is 10.6. The second-order valence-electron chi connectivity index (χ2n) is 2.39. The highest BCUT2D eigenvalue weighted by atomic mass is 15.3. The normalized spacial score (nSPS) is 10.0. The van der Waals surface area contributed by atoms with E-state index in [-0.39, 0.29) is 5.84 Å². The number of rotatable bonds is 2. The fraction of sp³-hybridized carbons (Fsp3) is 0.500. The number of aryl methyl sites for hydroxylation is 2. The third-order valence-electron chi connectivity index (χ3n) is 1.28. The first-order valence-electron chi connectivity index (χ1n) is 3.30. The van der Waals surface area contributed by atoms with E-state index in [1.54, 1.807) is 4.68 Å². The quantitative estimate of drug-likeness (QED) is 0.457. The van der Waals surface area contributed by atoms with Crippen molar-refractivity contribution in [3.63, 3.8) is 0 Å². The van der Waals surface area contributed by atoms with E-state index < -0.39 is 0 Å². The van der Waals surface area contributed by atoms with Crippen molar-refractivity contribution >= 4 is 5.84 Å². The molecule has 1 heterocycles. The van der Waals surface area contributed by atoms with Gasteiger partial charge in [0.15, 0.2) is 0 Å². The molecule has 0 spiro atoms. The lowest BCUT2D eigenvalue weighted by Gasteiger charge is -1.98. The molecule has 0 aliphatic rings. The van der Waals surface area contributed by atoms with Crippen LogP contribution in [-0.4, -0.2) is 20.6 Å². The van der Waals surface area contributed by atoms with Crippen molar-refractivity contribution in [1.82, 2.24) is 14.8 Å². The maximum atomic E-state index is 7.03. The fourth-order valence-corrected chi connectivity index (χ4v) is 0.872. The summed E-state index contributed by atoms with van der Waals surface area (Å²) >= 11 is 0. The van der Waals surface area contributed by atoms with Crippen LogP contribution >= 0.6 is 0 Å². The fourth-order valence-electron chi connectivity index (χ4n) is 0.872. The SMILES string of the molecule is Cc1nc(C)n(CC(=N)N)n1. The summed E-state index contributed by atoms with van der Waals surface area (Å²) in [5.41, 5.74) is 5.20. The molecule has 1 rings (SSSR count). The molecule has 0 fully saturated rings. The Labute approximate surface area is 64.7 Å². The summed E-state index contributed by atoms with van der Waals surface area (Å²) in [7, 11) is 0. The van der Waals surface area contributed by atoms with E-state index in [9.17, 15) is 0 Å². The van der Waals surface area contributed by atoms with Crippen molar-refractivity contribution in [3.05, 3.63) is 11.6 Å². The molecule has 0 saturated carbocycles. The molecule has 60 valence electrons. The summed E-state index contributed by atoms with van der Waals surface area (Å²) in [6.45, 7) is 3.97. The van der Waals surface area contributed by atoms with Crippen molar-refractivity contribution in [2.45, 2.75) is 20.4 Å². The third-order valence-corrected chi connectivity index (χ3v) is 1.28. The summed E-state index contributed by atoms with van der Waals surface area (Å²) < 4.78 is 1.61. The minimum Gasteiger partial charge on any atom is -0.386 e. The summed E-state index contributed by atoms with van der Waals surface area (Å²) in [6.07, 6.45) is 0. The highest BCUT2D eigenvalue weighted by molar-refractivity contribution is 5.76. The largest absolute Gasteiger partial charge is 0.386 e. The van der Waals surface area contributed by atoms with Gasteiger partial charge >= 0.3 is 0 Å². The lowest BCUT2D eigenvalue weighted by Crippen LogP contribution is -2.19. The minimum absolute atomic E-state index is 0.0954. The van der Waals surface area contributed by atoms with Crippen LogP contribution in [0.1, 0.15) is 11.6 Å². The van der Waals surface area contributed by atoms with Gasteiger partial charge in [0.2, 0.25) is 0 Å². The molecule has 5 heteroatoms. The number of hydrogen-bond donors (Lipinski definition) is 2. The van der Waals surface area contributed by atoms with Crippen LogP contribution in [0, 0.1) is 19.3 Å². The average molecular weight is 153 g/mol. The number of amidine groups is 1. The van der Waals surface area contributed by atoms with Crippen LogP contribution in [0.5, 0.6) is 0 Å². The smallest absolute Gasteiger partial charge is 0.147 e. The predicted molar refractivity (Wildman–Crippen MR) is 41.4 cm³/mol. The van der Waals surface area contributed by atoms with Crippen LogP contribution < -0.4 is 5.73 Å². The van der Waals surface area contributed by atoms with E-state index >= 15 is 0 Å². The van der Waals surface area contributed by atoms with Crippen LogP contribution in [0.2, 0.25) is 0 Å². The number of nitrogens with zero attached hydrogens (tertiary/aromatic N) is 3. The molecule has 0 aliphatic carbocycles. The Morgan fingerprint density at radius 2 is 2.27 bits per heavy atom. The molecule has 0 radical (unpaired) electrons. The molecule has 11 heavy (non-hydrogen) atoms. The standard InChI is InChI=1S/C6H11N5/c1-4-9-5(2)11(10-4)3-6(7)8/h3H2,1-2H3,(H3,7,8). The first kappa shape index (κ1) is 7.71.